The highest BCUT2D eigenvalue weighted by atomic mass is 19.1. The molecule has 0 saturated carbocycles. The Bertz CT molecular complexity index is 632. The first-order valence-corrected chi connectivity index (χ1v) is 5.88. The van der Waals surface area contributed by atoms with E-state index in [0.29, 0.717) is 11.4 Å². The fourth-order valence-corrected chi connectivity index (χ4v) is 1.81. The van der Waals surface area contributed by atoms with Gasteiger partial charge in [-0.15, -0.1) is 0 Å². The van der Waals surface area contributed by atoms with E-state index in [9.17, 15) is 8.78 Å². The summed E-state index contributed by atoms with van der Waals surface area (Å²) in [6.07, 6.45) is 0. The number of anilines is 1. The lowest BCUT2D eigenvalue weighted by Crippen LogP contribution is -2.09. The molecule has 0 aliphatic rings. The van der Waals surface area contributed by atoms with Gasteiger partial charge in [0.2, 0.25) is 0 Å². The molecule has 0 saturated heterocycles. The van der Waals surface area contributed by atoms with Gasteiger partial charge in [0.05, 0.1) is 13.2 Å². The lowest BCUT2D eigenvalue weighted by Gasteiger charge is -2.14. The zero-order valence-corrected chi connectivity index (χ0v) is 10.7. The molecule has 1 unspecified atom stereocenters. The van der Waals surface area contributed by atoms with Crippen LogP contribution in [0.1, 0.15) is 11.6 Å². The Morgan fingerprint density at radius 2 is 1.85 bits per heavy atom. The summed E-state index contributed by atoms with van der Waals surface area (Å²) in [6, 6.07) is 11.1. The zero-order valence-electron chi connectivity index (χ0n) is 10.7. The van der Waals surface area contributed by atoms with E-state index in [2.05, 4.69) is 5.32 Å². The summed E-state index contributed by atoms with van der Waals surface area (Å²) in [5, 5.41) is 12.1. The van der Waals surface area contributed by atoms with Gasteiger partial charge >= 0.3 is 0 Å². The number of hydrogen-bond acceptors (Lipinski definition) is 3. The van der Waals surface area contributed by atoms with Gasteiger partial charge in [-0.1, -0.05) is 6.07 Å². The fourth-order valence-electron chi connectivity index (χ4n) is 1.81. The molecule has 20 heavy (non-hydrogen) atoms. The quantitative estimate of drug-likeness (QED) is 0.925. The average Bonchev–Trinajstić information content (AvgIpc) is 2.44. The third-order valence-electron chi connectivity index (χ3n) is 2.73. The molecule has 0 spiro atoms. The first-order valence-electron chi connectivity index (χ1n) is 5.88. The lowest BCUT2D eigenvalue weighted by atomic mass is 10.1. The molecule has 2 aromatic rings. The maximum absolute atomic E-state index is 13.2. The molecule has 0 aliphatic heterocycles. The van der Waals surface area contributed by atoms with Crippen LogP contribution in [0.25, 0.3) is 0 Å². The maximum atomic E-state index is 13.2. The highest BCUT2D eigenvalue weighted by Gasteiger charge is 2.13. The molecule has 0 heterocycles. The predicted molar refractivity (Wildman–Crippen MR) is 71.3 cm³/mol. The minimum absolute atomic E-state index is 0.229. The van der Waals surface area contributed by atoms with Gasteiger partial charge < -0.3 is 10.1 Å². The second kappa shape index (κ2) is 6.02. The Hall–Kier alpha value is -2.61. The molecule has 2 aromatic carbocycles. The van der Waals surface area contributed by atoms with E-state index in [-0.39, 0.29) is 5.56 Å². The first kappa shape index (κ1) is 13.8. The Kier molecular flexibility index (Phi) is 4.16. The van der Waals surface area contributed by atoms with Gasteiger partial charge in [-0.25, -0.2) is 8.78 Å². The van der Waals surface area contributed by atoms with E-state index >= 15 is 0 Å². The Labute approximate surface area is 115 Å². The molecule has 0 bridgehead atoms. The van der Waals surface area contributed by atoms with E-state index in [1.165, 1.54) is 7.11 Å². The molecule has 2 rings (SSSR count). The first-order chi connectivity index (χ1) is 9.62. The Balaban J connectivity index is 2.26. The van der Waals surface area contributed by atoms with E-state index < -0.39 is 17.7 Å². The Morgan fingerprint density at radius 1 is 1.15 bits per heavy atom. The van der Waals surface area contributed by atoms with E-state index in [4.69, 9.17) is 10.00 Å². The van der Waals surface area contributed by atoms with E-state index in [1.54, 1.807) is 24.3 Å². The van der Waals surface area contributed by atoms with Crippen molar-refractivity contribution >= 4 is 5.69 Å². The van der Waals surface area contributed by atoms with Crippen LogP contribution in [0.2, 0.25) is 0 Å². The standard InChI is InChI=1S/C15H12F2N2O/c1-20-14-4-2-3-13(8-14)19-15(9-18)10-5-11(16)7-12(17)6-10/h2-8,15,19H,1H3. The van der Waals surface area contributed by atoms with E-state index in [1.807, 2.05) is 6.07 Å². The maximum Gasteiger partial charge on any atom is 0.140 e. The van der Waals surface area contributed by atoms with Crippen LogP contribution >= 0.6 is 0 Å². The minimum atomic E-state index is -0.854. The van der Waals surface area contributed by atoms with Crippen molar-refractivity contribution in [1.29, 1.82) is 5.26 Å². The highest BCUT2D eigenvalue weighted by molar-refractivity contribution is 5.51. The number of hydrogen-bond donors (Lipinski definition) is 1. The largest absolute Gasteiger partial charge is 0.497 e. The summed E-state index contributed by atoms with van der Waals surface area (Å²) in [6.45, 7) is 0. The van der Waals surface area contributed by atoms with Crippen molar-refractivity contribution in [1.82, 2.24) is 0 Å². The summed E-state index contributed by atoms with van der Waals surface area (Å²) in [5.74, 6) is -0.808. The van der Waals surface area contributed by atoms with Crippen LogP contribution < -0.4 is 10.1 Å². The molecule has 102 valence electrons. The summed E-state index contributed by atoms with van der Waals surface area (Å²) < 4.78 is 31.4. The van der Waals surface area contributed by atoms with Crippen LogP contribution in [0.5, 0.6) is 5.75 Å². The molecule has 3 nitrogen and oxygen atoms in total. The number of rotatable bonds is 4. The summed E-state index contributed by atoms with van der Waals surface area (Å²) in [4.78, 5) is 0. The van der Waals surface area contributed by atoms with Gasteiger partial charge in [-0.2, -0.15) is 5.26 Å². The molecule has 0 aliphatic carbocycles. The molecule has 5 heteroatoms. The fraction of sp³-hybridized carbons (Fsp3) is 0.133. The van der Waals surface area contributed by atoms with Crippen molar-refractivity contribution in [2.24, 2.45) is 0 Å². The van der Waals surface area contributed by atoms with Gasteiger partial charge in [0.25, 0.3) is 0 Å². The van der Waals surface area contributed by atoms with Crippen molar-refractivity contribution in [3.05, 3.63) is 59.7 Å². The number of nitrogens with zero attached hydrogens (tertiary/aromatic N) is 1. The second-order valence-electron chi connectivity index (χ2n) is 4.14. The van der Waals surface area contributed by atoms with Gasteiger partial charge in [-0.05, 0) is 29.8 Å². The van der Waals surface area contributed by atoms with Gasteiger partial charge in [-0.3, -0.25) is 0 Å². The molecular formula is C15H12F2N2O. The normalized spacial score (nSPS) is 11.5. The molecule has 0 aromatic heterocycles. The van der Waals surface area contributed by atoms with Crippen LogP contribution in [0.3, 0.4) is 0 Å². The molecule has 0 fully saturated rings. The average molecular weight is 274 g/mol. The SMILES string of the molecule is COc1cccc(NC(C#N)c2cc(F)cc(F)c2)c1. The van der Waals surface area contributed by atoms with Gasteiger partial charge in [0.1, 0.15) is 23.4 Å². The summed E-state index contributed by atoms with van der Waals surface area (Å²) in [5.41, 5.74) is 0.855. The molecule has 1 atom stereocenters. The molecule has 1 N–H and O–H groups in total. The smallest absolute Gasteiger partial charge is 0.140 e. The van der Waals surface area contributed by atoms with Crippen LogP contribution in [-0.4, -0.2) is 7.11 Å². The minimum Gasteiger partial charge on any atom is -0.497 e. The number of halogens is 2. The number of nitrogens with one attached hydrogen (secondary N) is 1. The Morgan fingerprint density at radius 3 is 2.45 bits per heavy atom. The zero-order chi connectivity index (χ0) is 14.5. The van der Waals surface area contributed by atoms with Gasteiger partial charge in [0, 0.05) is 17.8 Å². The van der Waals surface area contributed by atoms with Crippen molar-refractivity contribution in [3.8, 4) is 11.8 Å². The van der Waals surface area contributed by atoms with Crippen LogP contribution in [0, 0.1) is 23.0 Å². The van der Waals surface area contributed by atoms with Crippen LogP contribution in [0.4, 0.5) is 14.5 Å². The van der Waals surface area contributed by atoms with Gasteiger partial charge in [0.15, 0.2) is 0 Å². The van der Waals surface area contributed by atoms with Crippen LogP contribution in [0.15, 0.2) is 42.5 Å². The number of benzene rings is 2. The molecular weight excluding hydrogens is 262 g/mol. The predicted octanol–water partition coefficient (Wildman–Crippen LogP) is 3.65. The van der Waals surface area contributed by atoms with Crippen molar-refractivity contribution in [2.75, 3.05) is 12.4 Å². The van der Waals surface area contributed by atoms with Crippen molar-refractivity contribution in [3.63, 3.8) is 0 Å². The second-order valence-corrected chi connectivity index (χ2v) is 4.14. The highest BCUT2D eigenvalue weighted by Crippen LogP contribution is 2.23. The van der Waals surface area contributed by atoms with Crippen molar-refractivity contribution in [2.45, 2.75) is 6.04 Å². The number of ether oxygens (including phenoxy) is 1. The summed E-state index contributed by atoms with van der Waals surface area (Å²) in [7, 11) is 1.53. The topological polar surface area (TPSA) is 45.0 Å². The molecule has 0 amide bonds. The third-order valence-corrected chi connectivity index (χ3v) is 2.73. The number of nitriles is 1. The summed E-state index contributed by atoms with van der Waals surface area (Å²) >= 11 is 0. The lowest BCUT2D eigenvalue weighted by molar-refractivity contribution is 0.415. The third kappa shape index (κ3) is 3.23. The van der Waals surface area contributed by atoms with Crippen molar-refractivity contribution < 1.29 is 13.5 Å². The van der Waals surface area contributed by atoms with E-state index in [0.717, 1.165) is 18.2 Å². The molecule has 0 radical (unpaired) electrons. The monoisotopic (exact) mass is 274 g/mol. The van der Waals surface area contributed by atoms with Crippen LogP contribution in [-0.2, 0) is 0 Å². The number of methoxy groups -OCH3 is 1.